The first kappa shape index (κ1) is 17.5. The molecule has 1 aliphatic rings. The average Bonchev–Trinajstić information content (AvgIpc) is 3.32. The Morgan fingerprint density at radius 2 is 2.21 bits per heavy atom. The van der Waals surface area contributed by atoms with Crippen LogP contribution in [0.2, 0.25) is 0 Å². The quantitative estimate of drug-likeness (QED) is 0.484. The van der Waals surface area contributed by atoms with Gasteiger partial charge in [-0.1, -0.05) is 18.2 Å². The molecule has 3 N–H and O–H groups in total. The average molecular weight is 391 g/mol. The molecular weight excluding hydrogens is 370 g/mol. The number of aromatic nitrogens is 5. The van der Waals surface area contributed by atoms with E-state index in [2.05, 4.69) is 30.4 Å². The van der Waals surface area contributed by atoms with E-state index in [1.54, 1.807) is 12.4 Å². The van der Waals surface area contributed by atoms with E-state index < -0.39 is 0 Å². The molecule has 1 unspecified atom stereocenters. The summed E-state index contributed by atoms with van der Waals surface area (Å²) in [5, 5.41) is 10.8. The van der Waals surface area contributed by atoms with Crippen molar-refractivity contribution in [3.63, 3.8) is 0 Å². The Morgan fingerprint density at radius 3 is 3.14 bits per heavy atom. The summed E-state index contributed by atoms with van der Waals surface area (Å²) in [5.74, 6) is 0.658. The predicted octanol–water partition coefficient (Wildman–Crippen LogP) is 1.23. The number of fused-ring (bicyclic) bond motifs is 2. The molecule has 0 saturated carbocycles. The Hall–Kier alpha value is -3.62. The van der Waals surface area contributed by atoms with Gasteiger partial charge in [-0.25, -0.2) is 19.3 Å². The molecular formula is C20H21N7O2. The second-order valence-corrected chi connectivity index (χ2v) is 7.36. The smallest absolute Gasteiger partial charge is 0.347 e. The van der Waals surface area contributed by atoms with E-state index in [9.17, 15) is 9.59 Å². The summed E-state index contributed by atoms with van der Waals surface area (Å²) in [4.78, 5) is 34.2. The first-order chi connectivity index (χ1) is 14.2. The Morgan fingerprint density at radius 1 is 1.31 bits per heavy atom. The third kappa shape index (κ3) is 3.24. The fourth-order valence-electron chi connectivity index (χ4n) is 4.07. The molecule has 0 spiro atoms. The molecule has 1 amide bonds. The highest BCUT2D eigenvalue weighted by molar-refractivity contribution is 5.89. The zero-order chi connectivity index (χ0) is 19.8. The van der Waals surface area contributed by atoms with Gasteiger partial charge < -0.3 is 15.2 Å². The van der Waals surface area contributed by atoms with Crippen molar-refractivity contribution in [1.82, 2.24) is 29.9 Å². The normalized spacial score (nSPS) is 17.1. The van der Waals surface area contributed by atoms with E-state index in [4.69, 9.17) is 0 Å². The lowest BCUT2D eigenvalue weighted by molar-refractivity contribution is -0.121. The van der Waals surface area contributed by atoms with Gasteiger partial charge >= 0.3 is 5.69 Å². The Kier molecular flexibility index (Phi) is 4.27. The molecule has 148 valence electrons. The largest absolute Gasteiger partial charge is 0.361 e. The van der Waals surface area contributed by atoms with Gasteiger partial charge in [0.1, 0.15) is 0 Å². The lowest BCUT2D eigenvalue weighted by Gasteiger charge is -2.33. The van der Waals surface area contributed by atoms with Crippen molar-refractivity contribution in [1.29, 1.82) is 0 Å². The minimum atomic E-state index is -0.288. The van der Waals surface area contributed by atoms with Crippen LogP contribution in [0.5, 0.6) is 0 Å². The number of amides is 1. The van der Waals surface area contributed by atoms with E-state index >= 15 is 0 Å². The van der Waals surface area contributed by atoms with Gasteiger partial charge in [-0.05, 0) is 24.5 Å². The van der Waals surface area contributed by atoms with Crippen LogP contribution in [0, 0.1) is 0 Å². The zero-order valence-corrected chi connectivity index (χ0v) is 15.8. The van der Waals surface area contributed by atoms with Crippen LogP contribution in [0.15, 0.2) is 47.7 Å². The van der Waals surface area contributed by atoms with Gasteiger partial charge in [0.2, 0.25) is 11.6 Å². The van der Waals surface area contributed by atoms with Crippen LogP contribution in [-0.2, 0) is 11.2 Å². The molecule has 1 atom stereocenters. The molecule has 0 radical (unpaired) electrons. The second-order valence-electron chi connectivity index (χ2n) is 7.36. The van der Waals surface area contributed by atoms with Gasteiger partial charge in [0.25, 0.3) is 0 Å². The Balaban J connectivity index is 1.29. The SMILES string of the molecule is O=C(Cc1c[nH]c2ccccc12)NC1CCCN(c2nccn3c(=O)[nH]nc23)C1. The van der Waals surface area contributed by atoms with E-state index in [0.717, 1.165) is 35.9 Å². The maximum absolute atomic E-state index is 12.7. The summed E-state index contributed by atoms with van der Waals surface area (Å²) >= 11 is 0. The molecule has 1 fully saturated rings. The monoisotopic (exact) mass is 391 g/mol. The van der Waals surface area contributed by atoms with Crippen LogP contribution in [0.3, 0.4) is 0 Å². The third-order valence-electron chi connectivity index (χ3n) is 5.43. The molecule has 0 bridgehead atoms. The van der Waals surface area contributed by atoms with Crippen LogP contribution in [-0.4, -0.2) is 49.6 Å². The Bertz CT molecular complexity index is 1240. The minimum Gasteiger partial charge on any atom is -0.361 e. The number of carbonyl (C=O) groups is 1. The number of carbonyl (C=O) groups excluding carboxylic acids is 1. The number of H-pyrrole nitrogens is 2. The highest BCUT2D eigenvalue weighted by Gasteiger charge is 2.25. The van der Waals surface area contributed by atoms with Crippen LogP contribution in [0.4, 0.5) is 5.82 Å². The van der Waals surface area contributed by atoms with Gasteiger partial charge in [-0.3, -0.25) is 4.79 Å². The molecule has 1 saturated heterocycles. The van der Waals surface area contributed by atoms with Gasteiger partial charge in [0.15, 0.2) is 5.82 Å². The topological polar surface area (TPSA) is 111 Å². The fraction of sp³-hybridized carbons (Fsp3) is 0.300. The molecule has 29 heavy (non-hydrogen) atoms. The summed E-state index contributed by atoms with van der Waals surface area (Å²) in [6.45, 7) is 1.44. The number of piperidine rings is 1. The van der Waals surface area contributed by atoms with E-state index in [-0.39, 0.29) is 17.6 Å². The summed E-state index contributed by atoms with van der Waals surface area (Å²) < 4.78 is 1.45. The van der Waals surface area contributed by atoms with E-state index in [1.165, 1.54) is 4.40 Å². The summed E-state index contributed by atoms with van der Waals surface area (Å²) in [6, 6.07) is 8.00. The number of nitrogens with zero attached hydrogens (tertiary/aromatic N) is 4. The maximum Gasteiger partial charge on any atom is 0.347 e. The summed E-state index contributed by atoms with van der Waals surface area (Å²) in [7, 11) is 0. The molecule has 0 aliphatic carbocycles. The first-order valence-corrected chi connectivity index (χ1v) is 9.70. The number of nitrogens with one attached hydrogen (secondary N) is 3. The van der Waals surface area contributed by atoms with Crippen LogP contribution in [0.25, 0.3) is 16.6 Å². The highest BCUT2D eigenvalue weighted by atomic mass is 16.2. The lowest BCUT2D eigenvalue weighted by atomic mass is 10.0. The van der Waals surface area contributed by atoms with Crippen LogP contribution >= 0.6 is 0 Å². The maximum atomic E-state index is 12.7. The van der Waals surface area contributed by atoms with Crippen molar-refractivity contribution >= 4 is 28.3 Å². The molecule has 4 aromatic rings. The number of hydrogen-bond acceptors (Lipinski definition) is 5. The van der Waals surface area contributed by atoms with E-state index in [1.807, 2.05) is 30.5 Å². The molecule has 3 aromatic heterocycles. The van der Waals surface area contributed by atoms with Crippen molar-refractivity contribution in [3.05, 3.63) is 58.9 Å². The number of rotatable bonds is 4. The van der Waals surface area contributed by atoms with Gasteiger partial charge in [0.05, 0.1) is 6.42 Å². The molecule has 4 heterocycles. The second kappa shape index (κ2) is 7.08. The standard InChI is InChI=1S/C20H21N7O2/c28-17(10-13-11-22-16-6-2-1-5-15(13)16)23-14-4-3-8-26(12-14)18-19-24-25-20(29)27(19)9-7-21-18/h1-2,5-7,9,11,14,22H,3-4,8,10,12H2,(H,23,28)(H,25,29). The van der Waals surface area contributed by atoms with Crippen molar-refractivity contribution in [3.8, 4) is 0 Å². The van der Waals surface area contributed by atoms with Crippen molar-refractivity contribution in [2.75, 3.05) is 18.0 Å². The van der Waals surface area contributed by atoms with Crippen molar-refractivity contribution in [2.24, 2.45) is 0 Å². The molecule has 1 aliphatic heterocycles. The summed E-state index contributed by atoms with van der Waals surface area (Å²) in [5.41, 5.74) is 2.24. The molecule has 9 heteroatoms. The van der Waals surface area contributed by atoms with Crippen LogP contribution < -0.4 is 15.9 Å². The van der Waals surface area contributed by atoms with Crippen molar-refractivity contribution < 1.29 is 4.79 Å². The van der Waals surface area contributed by atoms with Crippen LogP contribution in [0.1, 0.15) is 18.4 Å². The van der Waals surface area contributed by atoms with Gasteiger partial charge in [0, 0.05) is 48.6 Å². The predicted molar refractivity (Wildman–Crippen MR) is 109 cm³/mol. The summed E-state index contributed by atoms with van der Waals surface area (Å²) in [6.07, 6.45) is 7.26. The zero-order valence-electron chi connectivity index (χ0n) is 15.8. The molecule has 5 rings (SSSR count). The number of para-hydroxylation sites is 1. The number of benzene rings is 1. The third-order valence-corrected chi connectivity index (χ3v) is 5.43. The van der Waals surface area contributed by atoms with Gasteiger partial charge in [-0.15, -0.1) is 5.10 Å². The number of hydrogen-bond donors (Lipinski definition) is 3. The Labute approximate surface area is 165 Å². The highest BCUT2D eigenvalue weighted by Crippen LogP contribution is 2.21. The molecule has 1 aromatic carbocycles. The fourth-order valence-corrected chi connectivity index (χ4v) is 4.07. The minimum absolute atomic E-state index is 0.00348. The first-order valence-electron chi connectivity index (χ1n) is 9.70. The number of anilines is 1. The molecule has 9 nitrogen and oxygen atoms in total. The van der Waals surface area contributed by atoms with E-state index in [0.29, 0.717) is 24.4 Å². The van der Waals surface area contributed by atoms with Gasteiger partial charge in [-0.2, -0.15) is 0 Å². The van der Waals surface area contributed by atoms with Crippen molar-refractivity contribution in [2.45, 2.75) is 25.3 Å². The lowest BCUT2D eigenvalue weighted by Crippen LogP contribution is -2.48. The number of aromatic amines is 2.